The first-order chi connectivity index (χ1) is 22.5. The maximum absolute atomic E-state index is 9.07. The molecule has 0 aliphatic heterocycles. The van der Waals surface area contributed by atoms with Crippen LogP contribution in [0.1, 0.15) is 67.9 Å². The van der Waals surface area contributed by atoms with E-state index in [9.17, 15) is 0 Å². The fourth-order valence-corrected chi connectivity index (χ4v) is 1.57. The number of rotatable bonds is 12. The molecular formula is C33H79N5O11. The summed E-state index contributed by atoms with van der Waals surface area (Å²) in [6.07, 6.45) is 0.122. The minimum atomic E-state index is -1.21. The molecule has 16 heteroatoms. The number of hydrogen-bond donors (Lipinski definition) is 16. The quantitative estimate of drug-likeness (QED) is 0.102. The summed E-state index contributed by atoms with van der Waals surface area (Å²) in [5.41, 5.74) is 19.3. The van der Waals surface area contributed by atoms with Crippen molar-refractivity contribution in [2.45, 2.75) is 110 Å². The van der Waals surface area contributed by atoms with Crippen LogP contribution >= 0.6 is 0 Å². The van der Waals surface area contributed by atoms with Crippen LogP contribution < -0.4 is 28.3 Å². The Bertz CT molecular complexity index is 637. The van der Waals surface area contributed by atoms with Gasteiger partial charge >= 0.3 is 0 Å². The van der Waals surface area contributed by atoms with Crippen LogP contribution in [0.2, 0.25) is 0 Å². The van der Waals surface area contributed by atoms with Gasteiger partial charge in [-0.2, -0.15) is 0 Å². The highest BCUT2D eigenvalue weighted by Gasteiger charge is 2.20. The summed E-state index contributed by atoms with van der Waals surface area (Å²) in [5.74, 6) is 0. The summed E-state index contributed by atoms with van der Waals surface area (Å²) in [5, 5.41) is 94.6. The molecule has 0 bridgehead atoms. The van der Waals surface area contributed by atoms with Crippen molar-refractivity contribution in [2.75, 3.05) is 65.9 Å². The van der Waals surface area contributed by atoms with Crippen molar-refractivity contribution in [1.82, 2.24) is 5.32 Å². The molecule has 1 rings (SSSR count). The molecule has 0 fully saturated rings. The van der Waals surface area contributed by atoms with Gasteiger partial charge in [-0.05, 0) is 74.3 Å². The molecular weight excluding hydrogens is 642 g/mol. The minimum Gasteiger partial charge on any atom is -0.395 e. The van der Waals surface area contributed by atoms with Crippen molar-refractivity contribution < 1.29 is 56.2 Å². The first kappa shape index (κ1) is 62.7. The lowest BCUT2D eigenvalue weighted by atomic mass is 10.1. The number of nitrogens with one attached hydrogen (secondary N) is 1. The molecule has 20 N–H and O–H groups in total. The van der Waals surface area contributed by atoms with Crippen LogP contribution in [0.25, 0.3) is 0 Å². The highest BCUT2D eigenvalue weighted by molar-refractivity contribution is 5.15. The van der Waals surface area contributed by atoms with E-state index in [2.05, 4.69) is 5.32 Å². The van der Waals surface area contributed by atoms with Gasteiger partial charge < -0.3 is 84.4 Å². The monoisotopic (exact) mass is 722 g/mol. The molecule has 0 aromatic heterocycles. The van der Waals surface area contributed by atoms with Crippen LogP contribution in [0.5, 0.6) is 0 Å². The Kier molecular flexibility index (Phi) is 59.6. The van der Waals surface area contributed by atoms with Gasteiger partial charge in [-0.15, -0.1) is 0 Å². The molecule has 0 radical (unpaired) electrons. The number of aliphatic hydroxyl groups excluding tert-OH is 11. The third-order valence-corrected chi connectivity index (χ3v) is 3.92. The number of aliphatic hydroxyl groups is 11. The molecule has 1 aromatic carbocycles. The zero-order valence-electron chi connectivity index (χ0n) is 31.8. The third-order valence-electron chi connectivity index (χ3n) is 3.92. The van der Waals surface area contributed by atoms with E-state index in [0.29, 0.717) is 19.6 Å². The normalized spacial score (nSPS) is 10.9. The average Bonchev–Trinajstić information content (AvgIpc) is 3.02. The first-order valence-electron chi connectivity index (χ1n) is 16.2. The van der Waals surface area contributed by atoms with Crippen LogP contribution in [0.15, 0.2) is 30.3 Å². The van der Waals surface area contributed by atoms with Gasteiger partial charge in [-0.1, -0.05) is 30.3 Å². The van der Waals surface area contributed by atoms with E-state index in [1.165, 1.54) is 5.56 Å². The van der Waals surface area contributed by atoms with Crippen molar-refractivity contribution >= 4 is 0 Å². The SMILES string of the molecule is CC(C)O.CC(C)O.CC(C)O.CC(C)O.CC(N)(CO)CO.NC(CO)(CO)CO.NCCN.OCCNC(CO)Cc1ccccc1. The van der Waals surface area contributed by atoms with Crippen LogP contribution in [-0.2, 0) is 6.42 Å². The van der Waals surface area contributed by atoms with E-state index in [4.69, 9.17) is 79.1 Å². The van der Waals surface area contributed by atoms with Crippen molar-refractivity contribution in [1.29, 1.82) is 0 Å². The highest BCUT2D eigenvalue weighted by Crippen LogP contribution is 2.02. The van der Waals surface area contributed by atoms with Gasteiger partial charge in [0.25, 0.3) is 0 Å². The molecule has 302 valence electrons. The molecule has 0 saturated heterocycles. The molecule has 1 aromatic rings. The summed E-state index contributed by atoms with van der Waals surface area (Å²) in [7, 11) is 0. The van der Waals surface area contributed by atoms with Crippen LogP contribution in [0, 0.1) is 0 Å². The Morgan fingerprint density at radius 1 is 0.592 bits per heavy atom. The summed E-state index contributed by atoms with van der Waals surface area (Å²) in [6, 6.07) is 10.0. The Hall–Kier alpha value is -1.42. The largest absolute Gasteiger partial charge is 0.395 e. The summed E-state index contributed by atoms with van der Waals surface area (Å²) < 4.78 is 0. The third kappa shape index (κ3) is 87.2. The molecule has 49 heavy (non-hydrogen) atoms. The van der Waals surface area contributed by atoms with E-state index in [0.717, 1.165) is 6.42 Å². The maximum atomic E-state index is 9.07. The van der Waals surface area contributed by atoms with Gasteiger partial charge in [0.05, 0.1) is 57.3 Å². The first-order valence-corrected chi connectivity index (χ1v) is 16.2. The maximum Gasteiger partial charge on any atom is 0.0856 e. The van der Waals surface area contributed by atoms with E-state index in [1.807, 2.05) is 30.3 Å². The predicted molar refractivity (Wildman–Crippen MR) is 199 cm³/mol. The standard InChI is InChI=1S/C11H17NO2.C4H11NO3.C4H11NO2.4C3H8O.C2H8N2/c13-7-6-12-11(9-14)8-10-4-2-1-3-5-10;5-4(1-6,2-7)3-8;1-4(5,2-6)3-7;4*1-3(2)4;3-1-2-4/h1-5,11-14H,6-9H2;6-8H,1-3,5H2;6-7H,2-3,5H2,1H3;4*3-4H,1-2H3;1-4H2. The van der Waals surface area contributed by atoms with E-state index in [1.54, 1.807) is 62.3 Å². The molecule has 1 unspecified atom stereocenters. The van der Waals surface area contributed by atoms with E-state index >= 15 is 0 Å². The lowest BCUT2D eigenvalue weighted by Crippen LogP contribution is -2.50. The van der Waals surface area contributed by atoms with Crippen LogP contribution in [-0.4, -0.2) is 164 Å². The number of nitrogens with two attached hydrogens (primary N) is 4. The smallest absolute Gasteiger partial charge is 0.0856 e. The Labute approximate surface area is 296 Å². The van der Waals surface area contributed by atoms with Gasteiger partial charge in [0, 0.05) is 50.1 Å². The predicted octanol–water partition coefficient (Wildman–Crippen LogP) is -3.03. The number of benzene rings is 1. The lowest BCUT2D eigenvalue weighted by Gasteiger charge is -2.20. The second-order valence-electron chi connectivity index (χ2n) is 12.0. The highest BCUT2D eigenvalue weighted by atomic mass is 16.3. The fraction of sp³-hybridized carbons (Fsp3) is 0.818. The van der Waals surface area contributed by atoms with Gasteiger partial charge in [0.2, 0.25) is 0 Å². The summed E-state index contributed by atoms with van der Waals surface area (Å²) in [6.45, 7) is 15.7. The summed E-state index contributed by atoms with van der Waals surface area (Å²) >= 11 is 0. The molecule has 0 spiro atoms. The van der Waals surface area contributed by atoms with Crippen molar-refractivity contribution in [2.24, 2.45) is 22.9 Å². The van der Waals surface area contributed by atoms with E-state index < -0.39 is 30.9 Å². The molecule has 16 nitrogen and oxygen atoms in total. The topological polar surface area (TPSA) is 339 Å². The Morgan fingerprint density at radius 3 is 1.06 bits per heavy atom. The molecule has 0 aliphatic carbocycles. The fourth-order valence-electron chi connectivity index (χ4n) is 1.57. The zero-order valence-corrected chi connectivity index (χ0v) is 31.8. The second-order valence-corrected chi connectivity index (χ2v) is 12.0. The minimum absolute atomic E-state index is 0.0320. The Balaban J connectivity index is -0.0000000879. The molecule has 0 heterocycles. The lowest BCUT2D eigenvalue weighted by molar-refractivity contribution is 0.0697. The van der Waals surface area contributed by atoms with Gasteiger partial charge in [0.15, 0.2) is 0 Å². The van der Waals surface area contributed by atoms with Gasteiger partial charge in [-0.25, -0.2) is 0 Å². The molecule has 0 saturated carbocycles. The average molecular weight is 722 g/mol. The van der Waals surface area contributed by atoms with E-state index in [-0.39, 0.29) is 56.9 Å². The van der Waals surface area contributed by atoms with Crippen LogP contribution in [0.4, 0.5) is 0 Å². The zero-order chi connectivity index (χ0) is 40.5. The number of hydrogen-bond acceptors (Lipinski definition) is 16. The van der Waals surface area contributed by atoms with Gasteiger partial charge in [-0.3, -0.25) is 0 Å². The van der Waals surface area contributed by atoms with Crippen LogP contribution in [0.3, 0.4) is 0 Å². The second kappa shape index (κ2) is 46.6. The van der Waals surface area contributed by atoms with Crippen molar-refractivity contribution in [3.8, 4) is 0 Å². The summed E-state index contributed by atoms with van der Waals surface area (Å²) in [4.78, 5) is 0. The molecule has 0 amide bonds. The van der Waals surface area contributed by atoms with Crippen molar-refractivity contribution in [3.63, 3.8) is 0 Å². The molecule has 1 atom stereocenters. The molecule has 0 aliphatic rings. The Morgan fingerprint density at radius 2 is 0.898 bits per heavy atom. The van der Waals surface area contributed by atoms with Crippen molar-refractivity contribution in [3.05, 3.63) is 35.9 Å². The van der Waals surface area contributed by atoms with Gasteiger partial charge in [0.1, 0.15) is 0 Å².